The first-order valence-electron chi connectivity index (χ1n) is 8.32. The number of nitrogens with zero attached hydrogens (tertiary/aromatic N) is 2. The van der Waals surface area contributed by atoms with Gasteiger partial charge < -0.3 is 15.0 Å². The number of anilines is 1. The molecule has 0 heterocycles. The van der Waals surface area contributed by atoms with Gasteiger partial charge in [-0.3, -0.25) is 14.5 Å². The summed E-state index contributed by atoms with van der Waals surface area (Å²) in [5, 5.41) is 2.85. The molecule has 2 amide bonds. The van der Waals surface area contributed by atoms with Gasteiger partial charge in [0, 0.05) is 31.9 Å². The summed E-state index contributed by atoms with van der Waals surface area (Å²) in [4.78, 5) is 27.5. The second-order valence-corrected chi connectivity index (χ2v) is 6.35. The van der Waals surface area contributed by atoms with Gasteiger partial charge in [-0.25, -0.2) is 0 Å². The lowest BCUT2D eigenvalue weighted by atomic mass is 10.2. The average Bonchev–Trinajstić information content (AvgIpc) is 2.61. The van der Waals surface area contributed by atoms with Crippen molar-refractivity contribution in [2.45, 2.75) is 6.54 Å². The molecule has 0 aliphatic carbocycles. The Morgan fingerprint density at radius 3 is 2.35 bits per heavy atom. The molecule has 1 N–H and O–H groups in total. The monoisotopic (exact) mass is 355 g/mol. The van der Waals surface area contributed by atoms with Crippen LogP contribution >= 0.6 is 0 Å². The van der Waals surface area contributed by atoms with Gasteiger partial charge in [0.05, 0.1) is 13.7 Å². The lowest BCUT2D eigenvalue weighted by Crippen LogP contribution is -2.29. The van der Waals surface area contributed by atoms with Gasteiger partial charge in [0.1, 0.15) is 5.75 Å². The molecule has 0 saturated heterocycles. The number of hydrogen-bond acceptors (Lipinski definition) is 4. The minimum Gasteiger partial charge on any atom is -0.497 e. The van der Waals surface area contributed by atoms with E-state index in [0.29, 0.717) is 17.8 Å². The zero-order valence-electron chi connectivity index (χ0n) is 15.7. The number of methoxy groups -OCH3 is 1. The molecule has 2 aromatic rings. The molecule has 0 aliphatic rings. The van der Waals surface area contributed by atoms with Crippen LogP contribution in [0.1, 0.15) is 15.9 Å². The van der Waals surface area contributed by atoms with E-state index in [-0.39, 0.29) is 18.4 Å². The molecular weight excluding hydrogens is 330 g/mol. The van der Waals surface area contributed by atoms with Crippen LogP contribution in [0.2, 0.25) is 0 Å². The smallest absolute Gasteiger partial charge is 0.253 e. The Kier molecular flexibility index (Phi) is 6.74. The Morgan fingerprint density at radius 2 is 1.73 bits per heavy atom. The van der Waals surface area contributed by atoms with E-state index < -0.39 is 0 Å². The van der Waals surface area contributed by atoms with E-state index in [2.05, 4.69) is 5.32 Å². The highest BCUT2D eigenvalue weighted by molar-refractivity contribution is 5.95. The molecule has 0 unspecified atom stereocenters. The fourth-order valence-corrected chi connectivity index (χ4v) is 2.54. The highest BCUT2D eigenvalue weighted by Gasteiger charge is 2.10. The van der Waals surface area contributed by atoms with Gasteiger partial charge in [-0.05, 0) is 49.0 Å². The van der Waals surface area contributed by atoms with Gasteiger partial charge in [-0.1, -0.05) is 12.1 Å². The topological polar surface area (TPSA) is 61.9 Å². The molecule has 0 aliphatic heterocycles. The van der Waals surface area contributed by atoms with Crippen LogP contribution in [-0.4, -0.2) is 56.4 Å². The zero-order chi connectivity index (χ0) is 19.1. The van der Waals surface area contributed by atoms with Gasteiger partial charge in [-0.15, -0.1) is 0 Å². The maximum absolute atomic E-state index is 12.2. The molecule has 0 saturated carbocycles. The summed E-state index contributed by atoms with van der Waals surface area (Å²) in [6, 6.07) is 14.6. The molecule has 2 aromatic carbocycles. The van der Waals surface area contributed by atoms with E-state index in [9.17, 15) is 9.59 Å². The van der Waals surface area contributed by atoms with Gasteiger partial charge in [0.2, 0.25) is 5.91 Å². The van der Waals surface area contributed by atoms with Crippen molar-refractivity contribution in [2.75, 3.05) is 40.1 Å². The quantitative estimate of drug-likeness (QED) is 0.829. The van der Waals surface area contributed by atoms with Crippen LogP contribution in [0.3, 0.4) is 0 Å². The summed E-state index contributed by atoms with van der Waals surface area (Å²) in [6.07, 6.45) is 0. The van der Waals surface area contributed by atoms with Gasteiger partial charge >= 0.3 is 0 Å². The Balaban J connectivity index is 1.88. The van der Waals surface area contributed by atoms with Crippen molar-refractivity contribution >= 4 is 17.5 Å². The molecule has 6 heteroatoms. The maximum Gasteiger partial charge on any atom is 0.253 e. The van der Waals surface area contributed by atoms with E-state index in [0.717, 1.165) is 11.3 Å². The lowest BCUT2D eigenvalue weighted by Gasteiger charge is -2.17. The molecule has 0 aromatic heterocycles. The first kappa shape index (κ1) is 19.5. The third-order valence-electron chi connectivity index (χ3n) is 3.82. The number of rotatable bonds is 7. The molecular formula is C20H25N3O3. The van der Waals surface area contributed by atoms with Crippen molar-refractivity contribution < 1.29 is 14.3 Å². The van der Waals surface area contributed by atoms with E-state index >= 15 is 0 Å². The third kappa shape index (κ3) is 5.60. The fourth-order valence-electron chi connectivity index (χ4n) is 2.54. The number of hydrogen-bond donors (Lipinski definition) is 1. The van der Waals surface area contributed by atoms with Crippen LogP contribution in [0.5, 0.6) is 5.75 Å². The van der Waals surface area contributed by atoms with Crippen LogP contribution in [0.4, 0.5) is 5.69 Å². The highest BCUT2D eigenvalue weighted by Crippen LogP contribution is 2.14. The number of ether oxygens (including phenoxy) is 1. The van der Waals surface area contributed by atoms with E-state index in [1.165, 1.54) is 4.90 Å². The van der Waals surface area contributed by atoms with E-state index in [4.69, 9.17) is 4.74 Å². The normalized spacial score (nSPS) is 10.5. The number of nitrogens with one attached hydrogen (secondary N) is 1. The predicted octanol–water partition coefficient (Wildman–Crippen LogP) is 2.47. The lowest BCUT2D eigenvalue weighted by molar-refractivity contribution is -0.117. The van der Waals surface area contributed by atoms with Crippen LogP contribution in [0, 0.1) is 0 Å². The summed E-state index contributed by atoms with van der Waals surface area (Å²) in [7, 11) is 6.93. The van der Waals surface area contributed by atoms with Crippen LogP contribution in [-0.2, 0) is 11.3 Å². The second kappa shape index (κ2) is 9.01. The van der Waals surface area contributed by atoms with Crippen LogP contribution in [0.25, 0.3) is 0 Å². The first-order valence-corrected chi connectivity index (χ1v) is 8.32. The summed E-state index contributed by atoms with van der Waals surface area (Å²) in [5.74, 6) is 0.621. The van der Waals surface area contributed by atoms with Crippen molar-refractivity contribution in [3.8, 4) is 5.75 Å². The fraction of sp³-hybridized carbons (Fsp3) is 0.300. The van der Waals surface area contributed by atoms with Crippen molar-refractivity contribution in [3.05, 3.63) is 59.7 Å². The molecule has 0 spiro atoms. The van der Waals surface area contributed by atoms with Crippen LogP contribution < -0.4 is 10.1 Å². The SMILES string of the molecule is COc1cccc(CN(C)CC(=O)Nc2ccc(C(=O)N(C)C)cc2)c1. The highest BCUT2D eigenvalue weighted by atomic mass is 16.5. The van der Waals surface area contributed by atoms with E-state index in [1.54, 1.807) is 45.5 Å². The molecule has 138 valence electrons. The largest absolute Gasteiger partial charge is 0.497 e. The molecule has 26 heavy (non-hydrogen) atoms. The van der Waals surface area contributed by atoms with E-state index in [1.807, 2.05) is 36.2 Å². The minimum atomic E-state index is -0.109. The number of likely N-dealkylation sites (N-methyl/N-ethyl adjacent to an activating group) is 1. The number of carbonyl (C=O) groups is 2. The predicted molar refractivity (Wildman–Crippen MR) is 102 cm³/mol. The standard InChI is InChI=1S/C20H25N3O3/c1-22(2)20(25)16-8-10-17(11-9-16)21-19(24)14-23(3)13-15-6-5-7-18(12-15)26-4/h5-12H,13-14H2,1-4H3,(H,21,24). The van der Waals surface area contributed by atoms with Gasteiger partial charge in [0.15, 0.2) is 0 Å². The van der Waals surface area contributed by atoms with Gasteiger partial charge in [-0.2, -0.15) is 0 Å². The molecule has 0 bridgehead atoms. The number of carbonyl (C=O) groups excluding carboxylic acids is 2. The Bertz CT molecular complexity index is 757. The van der Waals surface area contributed by atoms with Crippen LogP contribution in [0.15, 0.2) is 48.5 Å². The number of amides is 2. The maximum atomic E-state index is 12.2. The zero-order valence-corrected chi connectivity index (χ0v) is 15.7. The van der Waals surface area contributed by atoms with Crippen molar-refractivity contribution in [1.29, 1.82) is 0 Å². The first-order chi connectivity index (χ1) is 12.4. The Morgan fingerprint density at radius 1 is 1.04 bits per heavy atom. The molecule has 6 nitrogen and oxygen atoms in total. The molecule has 2 rings (SSSR count). The molecule has 0 fully saturated rings. The van der Waals surface area contributed by atoms with Gasteiger partial charge in [0.25, 0.3) is 5.91 Å². The third-order valence-corrected chi connectivity index (χ3v) is 3.82. The summed E-state index contributed by atoms with van der Waals surface area (Å²) >= 11 is 0. The minimum absolute atomic E-state index is 0.0686. The molecule has 0 radical (unpaired) electrons. The second-order valence-electron chi connectivity index (χ2n) is 6.35. The summed E-state index contributed by atoms with van der Waals surface area (Å²) < 4.78 is 5.21. The van der Waals surface area contributed by atoms with Crippen molar-refractivity contribution in [2.24, 2.45) is 0 Å². The van der Waals surface area contributed by atoms with Crippen molar-refractivity contribution in [3.63, 3.8) is 0 Å². The van der Waals surface area contributed by atoms with Crippen molar-refractivity contribution in [1.82, 2.24) is 9.80 Å². The molecule has 0 atom stereocenters. The average molecular weight is 355 g/mol. The Hall–Kier alpha value is -2.86. The summed E-state index contributed by atoms with van der Waals surface area (Å²) in [5.41, 5.74) is 2.33. The number of benzene rings is 2. The summed E-state index contributed by atoms with van der Waals surface area (Å²) in [6.45, 7) is 0.899. The Labute approximate surface area is 154 Å².